The lowest BCUT2D eigenvalue weighted by Gasteiger charge is -2.13. The van der Waals surface area contributed by atoms with Gasteiger partial charge in [0.1, 0.15) is 11.5 Å². The monoisotopic (exact) mass is 390 g/mol. The van der Waals surface area contributed by atoms with Gasteiger partial charge in [-0.05, 0) is 42.0 Å². The molecule has 6 heteroatoms. The second-order valence-electron chi connectivity index (χ2n) is 6.23. The molecule has 3 rings (SSSR count). The zero-order valence-corrected chi connectivity index (χ0v) is 16.3. The molecule has 0 bridgehead atoms. The number of methoxy groups -OCH3 is 2. The third-order valence-electron chi connectivity index (χ3n) is 4.36. The first-order valence-electron chi connectivity index (χ1n) is 9.07. The summed E-state index contributed by atoms with van der Waals surface area (Å²) in [4.78, 5) is 25.4. The van der Waals surface area contributed by atoms with Crippen molar-refractivity contribution in [3.05, 3.63) is 89.5 Å². The second kappa shape index (κ2) is 9.41. The SMILES string of the molecule is COc1cccc(CNC(=O)c2ccccc2NC(=O)c2ccccc2OC)c1. The van der Waals surface area contributed by atoms with E-state index in [1.807, 2.05) is 24.3 Å². The molecule has 0 saturated carbocycles. The van der Waals surface area contributed by atoms with Gasteiger partial charge in [-0.2, -0.15) is 0 Å². The van der Waals surface area contributed by atoms with E-state index in [4.69, 9.17) is 9.47 Å². The van der Waals surface area contributed by atoms with Gasteiger partial charge in [-0.3, -0.25) is 9.59 Å². The van der Waals surface area contributed by atoms with E-state index in [0.717, 1.165) is 11.3 Å². The van der Waals surface area contributed by atoms with Gasteiger partial charge >= 0.3 is 0 Å². The van der Waals surface area contributed by atoms with E-state index >= 15 is 0 Å². The highest BCUT2D eigenvalue weighted by Crippen LogP contribution is 2.21. The zero-order chi connectivity index (χ0) is 20.6. The lowest BCUT2D eigenvalue weighted by molar-refractivity contribution is 0.0951. The quantitative estimate of drug-likeness (QED) is 0.642. The van der Waals surface area contributed by atoms with E-state index in [1.54, 1.807) is 55.6 Å². The molecule has 0 aliphatic heterocycles. The van der Waals surface area contributed by atoms with Crippen molar-refractivity contribution >= 4 is 17.5 Å². The number of rotatable bonds is 7. The van der Waals surface area contributed by atoms with E-state index in [2.05, 4.69) is 10.6 Å². The Bertz CT molecular complexity index is 1020. The molecule has 0 spiro atoms. The molecule has 6 nitrogen and oxygen atoms in total. The first-order valence-corrected chi connectivity index (χ1v) is 9.07. The first kappa shape index (κ1) is 19.9. The Labute approximate surface area is 169 Å². The van der Waals surface area contributed by atoms with Gasteiger partial charge in [0.25, 0.3) is 11.8 Å². The highest BCUT2D eigenvalue weighted by molar-refractivity contribution is 6.10. The summed E-state index contributed by atoms with van der Waals surface area (Å²) in [6.45, 7) is 0.338. The summed E-state index contributed by atoms with van der Waals surface area (Å²) in [5.41, 5.74) is 2.10. The maximum absolute atomic E-state index is 12.7. The van der Waals surface area contributed by atoms with E-state index in [1.165, 1.54) is 7.11 Å². The minimum Gasteiger partial charge on any atom is -0.497 e. The molecule has 0 unspecified atom stereocenters. The molecule has 3 aromatic rings. The van der Waals surface area contributed by atoms with Gasteiger partial charge in [-0.25, -0.2) is 0 Å². The molecule has 0 saturated heterocycles. The highest BCUT2D eigenvalue weighted by atomic mass is 16.5. The molecule has 0 heterocycles. The lowest BCUT2D eigenvalue weighted by Crippen LogP contribution is -2.25. The van der Waals surface area contributed by atoms with Gasteiger partial charge in [0, 0.05) is 6.54 Å². The summed E-state index contributed by atoms with van der Waals surface area (Å²) in [7, 11) is 3.10. The fourth-order valence-electron chi connectivity index (χ4n) is 2.87. The number of ether oxygens (including phenoxy) is 2. The predicted octanol–water partition coefficient (Wildman–Crippen LogP) is 3.89. The number of amides is 2. The van der Waals surface area contributed by atoms with Crippen LogP contribution in [0.15, 0.2) is 72.8 Å². The number of hydrogen-bond acceptors (Lipinski definition) is 4. The molecular weight excluding hydrogens is 368 g/mol. The Kier molecular flexibility index (Phi) is 6.47. The van der Waals surface area contributed by atoms with Crippen molar-refractivity contribution in [3.63, 3.8) is 0 Å². The van der Waals surface area contributed by atoms with Crippen LogP contribution in [0, 0.1) is 0 Å². The molecule has 2 N–H and O–H groups in total. The highest BCUT2D eigenvalue weighted by Gasteiger charge is 2.16. The van der Waals surface area contributed by atoms with Crippen molar-refractivity contribution < 1.29 is 19.1 Å². The Morgan fingerprint density at radius 3 is 2.28 bits per heavy atom. The fourth-order valence-corrected chi connectivity index (χ4v) is 2.87. The van der Waals surface area contributed by atoms with Crippen LogP contribution in [0.25, 0.3) is 0 Å². The zero-order valence-electron chi connectivity index (χ0n) is 16.3. The number of para-hydroxylation sites is 2. The Morgan fingerprint density at radius 1 is 0.793 bits per heavy atom. The van der Waals surface area contributed by atoms with Crippen LogP contribution in [0.4, 0.5) is 5.69 Å². The smallest absolute Gasteiger partial charge is 0.259 e. The molecule has 148 valence electrons. The lowest BCUT2D eigenvalue weighted by atomic mass is 10.1. The van der Waals surface area contributed by atoms with Crippen molar-refractivity contribution in [2.75, 3.05) is 19.5 Å². The molecule has 0 radical (unpaired) electrons. The van der Waals surface area contributed by atoms with Crippen LogP contribution in [0.5, 0.6) is 11.5 Å². The molecular formula is C23H22N2O4. The number of hydrogen-bond donors (Lipinski definition) is 2. The van der Waals surface area contributed by atoms with Gasteiger partial charge < -0.3 is 20.1 Å². The summed E-state index contributed by atoms with van der Waals surface area (Å²) in [6.07, 6.45) is 0. The summed E-state index contributed by atoms with van der Waals surface area (Å²) in [6, 6.07) is 21.2. The summed E-state index contributed by atoms with van der Waals surface area (Å²) in [5.74, 6) is 0.547. The van der Waals surface area contributed by atoms with Crippen molar-refractivity contribution in [1.29, 1.82) is 0 Å². The average molecular weight is 390 g/mol. The van der Waals surface area contributed by atoms with Crippen LogP contribution in [-0.4, -0.2) is 26.0 Å². The Balaban J connectivity index is 1.74. The Morgan fingerprint density at radius 2 is 1.52 bits per heavy atom. The van der Waals surface area contributed by atoms with E-state index < -0.39 is 0 Å². The van der Waals surface area contributed by atoms with Crippen LogP contribution < -0.4 is 20.1 Å². The summed E-state index contributed by atoms with van der Waals surface area (Å²) < 4.78 is 10.4. The van der Waals surface area contributed by atoms with Crippen molar-refractivity contribution in [2.45, 2.75) is 6.54 Å². The number of anilines is 1. The predicted molar refractivity (Wildman–Crippen MR) is 112 cm³/mol. The second-order valence-corrected chi connectivity index (χ2v) is 6.23. The van der Waals surface area contributed by atoms with Crippen molar-refractivity contribution in [3.8, 4) is 11.5 Å². The minimum absolute atomic E-state index is 0.288. The maximum Gasteiger partial charge on any atom is 0.259 e. The van der Waals surface area contributed by atoms with Gasteiger partial charge in [-0.1, -0.05) is 36.4 Å². The molecule has 2 amide bonds. The largest absolute Gasteiger partial charge is 0.497 e. The molecule has 0 aliphatic rings. The van der Waals surface area contributed by atoms with Gasteiger partial charge in [-0.15, -0.1) is 0 Å². The van der Waals surface area contributed by atoms with Crippen molar-refractivity contribution in [1.82, 2.24) is 5.32 Å². The number of carbonyl (C=O) groups excluding carboxylic acids is 2. The molecule has 0 aromatic heterocycles. The van der Waals surface area contributed by atoms with E-state index in [9.17, 15) is 9.59 Å². The fraction of sp³-hybridized carbons (Fsp3) is 0.130. The first-order chi connectivity index (χ1) is 14.1. The van der Waals surface area contributed by atoms with Crippen LogP contribution in [0.2, 0.25) is 0 Å². The normalized spacial score (nSPS) is 10.1. The summed E-state index contributed by atoms with van der Waals surface area (Å²) in [5, 5.41) is 5.67. The minimum atomic E-state index is -0.351. The van der Waals surface area contributed by atoms with Crippen LogP contribution in [0.1, 0.15) is 26.3 Å². The van der Waals surface area contributed by atoms with Crippen molar-refractivity contribution in [2.24, 2.45) is 0 Å². The third kappa shape index (κ3) is 4.93. The molecule has 0 aliphatic carbocycles. The van der Waals surface area contributed by atoms with Crippen LogP contribution in [0.3, 0.4) is 0 Å². The molecule has 0 atom stereocenters. The summed E-state index contributed by atoms with van der Waals surface area (Å²) >= 11 is 0. The van der Waals surface area contributed by atoms with E-state index in [-0.39, 0.29) is 11.8 Å². The number of nitrogens with one attached hydrogen (secondary N) is 2. The third-order valence-corrected chi connectivity index (χ3v) is 4.36. The maximum atomic E-state index is 12.7. The topological polar surface area (TPSA) is 76.7 Å². The molecule has 3 aromatic carbocycles. The van der Waals surface area contributed by atoms with Gasteiger partial charge in [0.2, 0.25) is 0 Å². The van der Waals surface area contributed by atoms with Gasteiger partial charge in [0.15, 0.2) is 0 Å². The average Bonchev–Trinajstić information content (AvgIpc) is 2.77. The van der Waals surface area contributed by atoms with Crippen LogP contribution in [-0.2, 0) is 6.54 Å². The van der Waals surface area contributed by atoms with Crippen LogP contribution >= 0.6 is 0 Å². The van der Waals surface area contributed by atoms with Gasteiger partial charge in [0.05, 0.1) is 31.0 Å². The van der Waals surface area contributed by atoms with E-state index in [0.29, 0.717) is 29.1 Å². The molecule has 29 heavy (non-hydrogen) atoms. The Hall–Kier alpha value is -3.80. The number of benzene rings is 3. The number of carbonyl (C=O) groups is 2. The molecule has 0 fully saturated rings. The standard InChI is InChI=1S/C23H22N2O4/c1-28-17-9-7-8-16(14-17)15-24-22(26)18-10-3-5-12-20(18)25-23(27)19-11-4-6-13-21(19)29-2/h3-14H,15H2,1-2H3,(H,24,26)(H,25,27).